The molecule has 26 heavy (non-hydrogen) atoms. The summed E-state index contributed by atoms with van der Waals surface area (Å²) in [5, 5.41) is 3.85. The molecule has 6 heteroatoms. The molecule has 0 unspecified atom stereocenters. The fourth-order valence-corrected chi connectivity index (χ4v) is 4.38. The monoisotopic (exact) mass is 375 g/mol. The van der Waals surface area contributed by atoms with E-state index < -0.39 is 5.41 Å². The number of piperazine rings is 1. The number of benzene rings is 1. The first kappa shape index (κ1) is 17.7. The molecule has 0 aromatic heterocycles. The Morgan fingerprint density at radius 3 is 2.38 bits per heavy atom. The molecule has 0 radical (unpaired) electrons. The standard InChI is InChI=1S/C20H26ClN3O2/c21-15-4-3-7-17(14-15)23-10-12-24(13-11-23)19(26)20(8-9-20)18(25)22-16-5-1-2-6-16/h3-4,7,14,16H,1-2,5-6,8-13H2,(H,22,25). The van der Waals surface area contributed by atoms with Gasteiger partial charge in [-0.15, -0.1) is 0 Å². The maximum absolute atomic E-state index is 13.0. The van der Waals surface area contributed by atoms with Crippen LogP contribution < -0.4 is 10.2 Å². The Labute approximate surface area is 159 Å². The second-order valence-electron chi connectivity index (χ2n) is 7.80. The number of amides is 2. The van der Waals surface area contributed by atoms with Gasteiger partial charge in [0.1, 0.15) is 5.41 Å². The van der Waals surface area contributed by atoms with E-state index in [-0.39, 0.29) is 17.9 Å². The topological polar surface area (TPSA) is 52.7 Å². The Kier molecular flexibility index (Phi) is 4.82. The molecular weight excluding hydrogens is 350 g/mol. The van der Waals surface area contributed by atoms with E-state index in [1.165, 1.54) is 12.8 Å². The van der Waals surface area contributed by atoms with Gasteiger partial charge in [0.2, 0.25) is 11.8 Å². The molecular formula is C20H26ClN3O2. The van der Waals surface area contributed by atoms with Crippen LogP contribution in [-0.4, -0.2) is 48.9 Å². The molecule has 3 aliphatic rings. The molecule has 4 rings (SSSR count). The average Bonchev–Trinajstić information content (AvgIpc) is 3.32. The number of halogens is 1. The van der Waals surface area contributed by atoms with Crippen LogP contribution in [0.2, 0.25) is 5.02 Å². The molecule has 1 heterocycles. The number of hydrogen-bond donors (Lipinski definition) is 1. The summed E-state index contributed by atoms with van der Waals surface area (Å²) in [6, 6.07) is 8.08. The van der Waals surface area contributed by atoms with Crippen molar-refractivity contribution < 1.29 is 9.59 Å². The Bertz CT molecular complexity index is 690. The molecule has 0 spiro atoms. The lowest BCUT2D eigenvalue weighted by atomic mass is 10.0. The summed E-state index contributed by atoms with van der Waals surface area (Å²) in [4.78, 5) is 29.8. The highest BCUT2D eigenvalue weighted by atomic mass is 35.5. The lowest BCUT2D eigenvalue weighted by molar-refractivity contribution is -0.144. The largest absolute Gasteiger partial charge is 0.368 e. The minimum Gasteiger partial charge on any atom is -0.368 e. The van der Waals surface area contributed by atoms with Crippen LogP contribution in [0.5, 0.6) is 0 Å². The van der Waals surface area contributed by atoms with Crippen LogP contribution in [0, 0.1) is 5.41 Å². The van der Waals surface area contributed by atoms with E-state index in [0.717, 1.165) is 36.6 Å². The van der Waals surface area contributed by atoms with Gasteiger partial charge in [-0.2, -0.15) is 0 Å². The minimum atomic E-state index is -0.777. The fourth-order valence-electron chi connectivity index (χ4n) is 4.20. The predicted octanol–water partition coefficient (Wildman–Crippen LogP) is 2.83. The van der Waals surface area contributed by atoms with Gasteiger partial charge in [-0.05, 0) is 43.9 Å². The average molecular weight is 376 g/mol. The van der Waals surface area contributed by atoms with E-state index in [1.807, 2.05) is 29.2 Å². The van der Waals surface area contributed by atoms with Crippen molar-refractivity contribution in [2.45, 2.75) is 44.6 Å². The van der Waals surface area contributed by atoms with Gasteiger partial charge in [-0.3, -0.25) is 9.59 Å². The Hall–Kier alpha value is -1.75. The third-order valence-corrected chi connectivity index (χ3v) is 6.26. The number of rotatable bonds is 4. The first-order valence-electron chi connectivity index (χ1n) is 9.69. The summed E-state index contributed by atoms with van der Waals surface area (Å²) >= 11 is 6.08. The number of nitrogens with one attached hydrogen (secondary N) is 1. The minimum absolute atomic E-state index is 0.0266. The van der Waals surface area contributed by atoms with Gasteiger partial charge in [0.25, 0.3) is 0 Å². The maximum atomic E-state index is 13.0. The van der Waals surface area contributed by atoms with Crippen molar-refractivity contribution in [1.29, 1.82) is 0 Å². The molecule has 5 nitrogen and oxygen atoms in total. The molecule has 1 aromatic carbocycles. The quantitative estimate of drug-likeness (QED) is 0.823. The van der Waals surface area contributed by atoms with Gasteiger partial charge in [-0.1, -0.05) is 30.5 Å². The van der Waals surface area contributed by atoms with Gasteiger partial charge in [0.05, 0.1) is 0 Å². The van der Waals surface area contributed by atoms with Gasteiger partial charge in [-0.25, -0.2) is 0 Å². The van der Waals surface area contributed by atoms with Crippen LogP contribution >= 0.6 is 11.6 Å². The summed E-state index contributed by atoms with van der Waals surface area (Å²) in [6.07, 6.45) is 5.84. The van der Waals surface area contributed by atoms with E-state index in [9.17, 15) is 9.59 Å². The first-order chi connectivity index (χ1) is 12.6. The second-order valence-corrected chi connectivity index (χ2v) is 8.23. The highest BCUT2D eigenvalue weighted by Crippen LogP contribution is 2.48. The highest BCUT2D eigenvalue weighted by Gasteiger charge is 2.58. The van der Waals surface area contributed by atoms with Crippen LogP contribution in [0.15, 0.2) is 24.3 Å². The van der Waals surface area contributed by atoms with Crippen molar-refractivity contribution in [3.8, 4) is 0 Å². The Balaban J connectivity index is 1.35. The van der Waals surface area contributed by atoms with Crippen LogP contribution in [0.1, 0.15) is 38.5 Å². The van der Waals surface area contributed by atoms with E-state index in [0.29, 0.717) is 25.9 Å². The third-order valence-electron chi connectivity index (χ3n) is 6.02. The molecule has 1 aliphatic heterocycles. The van der Waals surface area contributed by atoms with Crippen molar-refractivity contribution in [3.05, 3.63) is 29.3 Å². The van der Waals surface area contributed by atoms with E-state index in [4.69, 9.17) is 11.6 Å². The molecule has 0 atom stereocenters. The lowest BCUT2D eigenvalue weighted by Crippen LogP contribution is -2.54. The lowest BCUT2D eigenvalue weighted by Gasteiger charge is -2.37. The molecule has 140 valence electrons. The van der Waals surface area contributed by atoms with Crippen LogP contribution in [0.3, 0.4) is 0 Å². The number of anilines is 1. The number of carbonyl (C=O) groups excluding carboxylic acids is 2. The predicted molar refractivity (Wildman–Crippen MR) is 102 cm³/mol. The van der Waals surface area contributed by atoms with Crippen molar-refractivity contribution in [2.24, 2.45) is 5.41 Å². The van der Waals surface area contributed by atoms with E-state index >= 15 is 0 Å². The number of carbonyl (C=O) groups is 2. The van der Waals surface area contributed by atoms with Gasteiger partial charge in [0.15, 0.2) is 0 Å². The zero-order valence-corrected chi connectivity index (χ0v) is 15.8. The van der Waals surface area contributed by atoms with Gasteiger partial charge in [0, 0.05) is 42.9 Å². The summed E-state index contributed by atoms with van der Waals surface area (Å²) in [5.41, 5.74) is 0.311. The maximum Gasteiger partial charge on any atom is 0.238 e. The number of nitrogens with zero attached hydrogens (tertiary/aromatic N) is 2. The molecule has 3 fully saturated rings. The molecule has 1 N–H and O–H groups in total. The second kappa shape index (κ2) is 7.10. The SMILES string of the molecule is O=C(NC1CCCC1)C1(C(=O)N2CCN(c3cccc(Cl)c3)CC2)CC1. The van der Waals surface area contributed by atoms with E-state index in [2.05, 4.69) is 10.2 Å². The molecule has 2 aliphatic carbocycles. The summed E-state index contributed by atoms with van der Waals surface area (Å²) < 4.78 is 0. The van der Waals surface area contributed by atoms with Gasteiger partial charge < -0.3 is 15.1 Å². The van der Waals surface area contributed by atoms with Crippen LogP contribution in [-0.2, 0) is 9.59 Å². The van der Waals surface area contributed by atoms with Crippen molar-refractivity contribution in [3.63, 3.8) is 0 Å². The summed E-state index contributed by atoms with van der Waals surface area (Å²) in [6.45, 7) is 2.85. The zero-order chi connectivity index (χ0) is 18.1. The highest BCUT2D eigenvalue weighted by molar-refractivity contribution is 6.30. The zero-order valence-electron chi connectivity index (χ0n) is 15.0. The Morgan fingerprint density at radius 2 is 1.77 bits per heavy atom. The smallest absolute Gasteiger partial charge is 0.238 e. The van der Waals surface area contributed by atoms with Crippen molar-refractivity contribution >= 4 is 29.1 Å². The molecule has 1 saturated heterocycles. The van der Waals surface area contributed by atoms with E-state index in [1.54, 1.807) is 0 Å². The first-order valence-corrected chi connectivity index (χ1v) is 10.1. The fraction of sp³-hybridized carbons (Fsp3) is 0.600. The molecule has 1 aromatic rings. The molecule has 2 amide bonds. The molecule has 0 bridgehead atoms. The summed E-state index contributed by atoms with van der Waals surface area (Å²) in [5.74, 6) is -0.00888. The Morgan fingerprint density at radius 1 is 1.08 bits per heavy atom. The number of hydrogen-bond acceptors (Lipinski definition) is 3. The van der Waals surface area contributed by atoms with Gasteiger partial charge >= 0.3 is 0 Å². The van der Waals surface area contributed by atoms with Crippen molar-refractivity contribution in [1.82, 2.24) is 10.2 Å². The third kappa shape index (κ3) is 3.41. The van der Waals surface area contributed by atoms with Crippen molar-refractivity contribution in [2.75, 3.05) is 31.1 Å². The normalized spacial score (nSPS) is 22.3. The van der Waals surface area contributed by atoms with Crippen LogP contribution in [0.25, 0.3) is 0 Å². The summed E-state index contributed by atoms with van der Waals surface area (Å²) in [7, 11) is 0. The van der Waals surface area contributed by atoms with Crippen LogP contribution in [0.4, 0.5) is 5.69 Å². The molecule has 2 saturated carbocycles.